The molecule has 0 saturated carbocycles. The molecule has 0 aromatic carbocycles. The quantitative estimate of drug-likeness (QED) is 0.641. The molecular formula is C13H12ClF3N2O4. The number of fused-ring (bicyclic) bond motifs is 1. The first-order valence-corrected chi connectivity index (χ1v) is 6.99. The number of carbonyl (C=O) groups excluding carboxylic acids is 2. The van der Waals surface area contributed by atoms with Crippen LogP contribution in [0, 0.1) is 0 Å². The molecule has 10 heteroatoms. The highest BCUT2D eigenvalue weighted by Crippen LogP contribution is 2.33. The molecule has 0 aliphatic carbocycles. The van der Waals surface area contributed by atoms with Gasteiger partial charge in [-0.25, -0.2) is 4.79 Å². The van der Waals surface area contributed by atoms with Gasteiger partial charge in [0.1, 0.15) is 11.7 Å². The molecule has 0 bridgehead atoms. The van der Waals surface area contributed by atoms with Crippen LogP contribution in [0.25, 0.3) is 0 Å². The van der Waals surface area contributed by atoms with Crippen molar-refractivity contribution in [3.63, 3.8) is 0 Å². The van der Waals surface area contributed by atoms with E-state index in [2.05, 4.69) is 0 Å². The standard InChI is InChI=1S/C13H12ClF3N2O4/c1-5(13(15,16)17)18-11(21)10(20)9-8(14)7(12(22)23)6-3-2-4-19(6)9/h5H,2-4H2,1H3,(H,18,21)(H,22,23). The van der Waals surface area contributed by atoms with E-state index in [-0.39, 0.29) is 17.8 Å². The molecule has 23 heavy (non-hydrogen) atoms. The number of amides is 1. The van der Waals surface area contributed by atoms with E-state index >= 15 is 0 Å². The first-order valence-electron chi connectivity index (χ1n) is 6.61. The zero-order chi connectivity index (χ0) is 17.5. The summed E-state index contributed by atoms with van der Waals surface area (Å²) in [4.78, 5) is 35.1. The SMILES string of the molecule is CC(NC(=O)C(=O)c1c(Cl)c(C(=O)O)c2n1CCC2)C(F)(F)F. The van der Waals surface area contributed by atoms with E-state index in [4.69, 9.17) is 16.7 Å². The number of carbonyl (C=O) groups is 3. The lowest BCUT2D eigenvalue weighted by molar-refractivity contribution is -0.156. The summed E-state index contributed by atoms with van der Waals surface area (Å²) < 4.78 is 38.6. The van der Waals surface area contributed by atoms with Crippen LogP contribution in [0.3, 0.4) is 0 Å². The van der Waals surface area contributed by atoms with E-state index in [1.165, 1.54) is 4.57 Å². The van der Waals surface area contributed by atoms with Gasteiger partial charge in [-0.2, -0.15) is 13.2 Å². The van der Waals surface area contributed by atoms with Crippen LogP contribution in [-0.4, -0.2) is 39.6 Å². The Balaban J connectivity index is 2.36. The van der Waals surface area contributed by atoms with Gasteiger partial charge in [0.15, 0.2) is 0 Å². The molecule has 1 aromatic rings. The average Bonchev–Trinajstić information content (AvgIpc) is 2.95. The lowest BCUT2D eigenvalue weighted by Gasteiger charge is -2.16. The second-order valence-corrected chi connectivity index (χ2v) is 5.49. The summed E-state index contributed by atoms with van der Waals surface area (Å²) in [7, 11) is 0. The molecular weight excluding hydrogens is 341 g/mol. The van der Waals surface area contributed by atoms with Crippen LogP contribution in [0.1, 0.15) is 39.9 Å². The Labute approximate surface area is 133 Å². The number of rotatable bonds is 4. The summed E-state index contributed by atoms with van der Waals surface area (Å²) in [6, 6.07) is -2.22. The van der Waals surface area contributed by atoms with Crippen LogP contribution in [0.15, 0.2) is 0 Å². The molecule has 126 valence electrons. The third-order valence-corrected chi connectivity index (χ3v) is 3.95. The number of carboxylic acid groups (broad SMARTS) is 1. The van der Waals surface area contributed by atoms with Crippen molar-refractivity contribution in [2.45, 2.75) is 38.5 Å². The van der Waals surface area contributed by atoms with Crippen LogP contribution < -0.4 is 5.32 Å². The molecule has 1 atom stereocenters. The van der Waals surface area contributed by atoms with Gasteiger partial charge < -0.3 is 15.0 Å². The van der Waals surface area contributed by atoms with E-state index in [1.54, 1.807) is 5.32 Å². The van der Waals surface area contributed by atoms with Crippen molar-refractivity contribution >= 4 is 29.3 Å². The van der Waals surface area contributed by atoms with Gasteiger partial charge in [0.05, 0.1) is 10.6 Å². The van der Waals surface area contributed by atoms with E-state index in [9.17, 15) is 27.6 Å². The Morgan fingerprint density at radius 1 is 1.35 bits per heavy atom. The maximum atomic E-state index is 12.4. The Hall–Kier alpha value is -2.03. The van der Waals surface area contributed by atoms with Crippen molar-refractivity contribution in [1.29, 1.82) is 0 Å². The van der Waals surface area contributed by atoms with E-state index in [1.807, 2.05) is 0 Å². The number of nitrogens with zero attached hydrogens (tertiary/aromatic N) is 1. The lowest BCUT2D eigenvalue weighted by atomic mass is 10.1. The fourth-order valence-electron chi connectivity index (χ4n) is 2.44. The first-order chi connectivity index (χ1) is 10.6. The van der Waals surface area contributed by atoms with E-state index in [0.717, 1.165) is 0 Å². The number of halogens is 4. The van der Waals surface area contributed by atoms with Crippen molar-refractivity contribution < 1.29 is 32.7 Å². The Morgan fingerprint density at radius 2 is 1.96 bits per heavy atom. The molecule has 6 nitrogen and oxygen atoms in total. The number of Topliss-reactive ketones (excluding diaryl/α,β-unsaturated/α-hetero) is 1. The monoisotopic (exact) mass is 352 g/mol. The maximum Gasteiger partial charge on any atom is 0.408 e. The molecule has 0 saturated heterocycles. The maximum absolute atomic E-state index is 12.4. The van der Waals surface area contributed by atoms with Gasteiger partial charge in [-0.15, -0.1) is 0 Å². The molecule has 2 heterocycles. The molecule has 1 amide bonds. The number of nitrogens with one attached hydrogen (secondary N) is 1. The van der Waals surface area contributed by atoms with Gasteiger partial charge in [0.25, 0.3) is 11.7 Å². The van der Waals surface area contributed by atoms with Crippen LogP contribution in [0.5, 0.6) is 0 Å². The summed E-state index contributed by atoms with van der Waals surface area (Å²) in [5, 5.41) is 10.3. The molecule has 2 rings (SSSR count). The fraction of sp³-hybridized carbons (Fsp3) is 0.462. The minimum Gasteiger partial charge on any atom is -0.478 e. The zero-order valence-electron chi connectivity index (χ0n) is 11.8. The lowest BCUT2D eigenvalue weighted by Crippen LogP contribution is -2.46. The molecule has 1 unspecified atom stereocenters. The average molecular weight is 353 g/mol. The van der Waals surface area contributed by atoms with Crippen LogP contribution in [0.2, 0.25) is 5.02 Å². The fourth-order valence-corrected chi connectivity index (χ4v) is 2.81. The smallest absolute Gasteiger partial charge is 0.408 e. The summed E-state index contributed by atoms with van der Waals surface area (Å²) >= 11 is 5.88. The summed E-state index contributed by atoms with van der Waals surface area (Å²) in [6.07, 6.45) is -3.80. The van der Waals surface area contributed by atoms with Crippen LogP contribution in [-0.2, 0) is 17.8 Å². The summed E-state index contributed by atoms with van der Waals surface area (Å²) in [6.45, 7) is 0.962. The van der Waals surface area contributed by atoms with Crippen molar-refractivity contribution in [3.8, 4) is 0 Å². The Morgan fingerprint density at radius 3 is 2.48 bits per heavy atom. The number of hydrogen-bond acceptors (Lipinski definition) is 3. The third-order valence-electron chi connectivity index (χ3n) is 3.58. The van der Waals surface area contributed by atoms with Crippen LogP contribution in [0.4, 0.5) is 13.2 Å². The Bertz CT molecular complexity index is 696. The molecule has 2 N–H and O–H groups in total. The predicted molar refractivity (Wildman–Crippen MR) is 72.7 cm³/mol. The third kappa shape index (κ3) is 3.05. The zero-order valence-corrected chi connectivity index (χ0v) is 12.6. The molecule has 0 spiro atoms. The minimum absolute atomic E-state index is 0.269. The normalized spacial score (nSPS) is 15.2. The topological polar surface area (TPSA) is 88.4 Å². The van der Waals surface area contributed by atoms with Crippen molar-refractivity contribution in [2.75, 3.05) is 0 Å². The highest BCUT2D eigenvalue weighted by atomic mass is 35.5. The highest BCUT2D eigenvalue weighted by molar-refractivity contribution is 6.47. The summed E-state index contributed by atoms with van der Waals surface area (Å²) in [5.41, 5.74) is -0.379. The van der Waals surface area contributed by atoms with Crippen LogP contribution >= 0.6 is 11.6 Å². The number of aromatic nitrogens is 1. The van der Waals surface area contributed by atoms with Gasteiger partial charge in [-0.05, 0) is 19.8 Å². The van der Waals surface area contributed by atoms with Gasteiger partial charge in [-0.1, -0.05) is 11.6 Å². The van der Waals surface area contributed by atoms with E-state index in [0.29, 0.717) is 25.5 Å². The number of aromatic carboxylic acids is 1. The summed E-state index contributed by atoms with van der Waals surface area (Å²) in [5.74, 6) is -4.13. The van der Waals surface area contributed by atoms with Crippen molar-refractivity contribution in [2.24, 2.45) is 0 Å². The molecule has 1 aromatic heterocycles. The minimum atomic E-state index is -4.70. The van der Waals surface area contributed by atoms with Gasteiger partial charge >= 0.3 is 12.1 Å². The van der Waals surface area contributed by atoms with Gasteiger partial charge in [0, 0.05) is 12.2 Å². The largest absolute Gasteiger partial charge is 0.478 e. The first kappa shape index (κ1) is 17.3. The molecule has 0 radical (unpaired) electrons. The number of alkyl halides is 3. The second-order valence-electron chi connectivity index (χ2n) is 5.11. The molecule has 0 fully saturated rings. The second kappa shape index (κ2) is 5.88. The van der Waals surface area contributed by atoms with Gasteiger partial charge in [0.2, 0.25) is 0 Å². The molecule has 1 aliphatic heterocycles. The van der Waals surface area contributed by atoms with E-state index < -0.39 is 34.9 Å². The van der Waals surface area contributed by atoms with Gasteiger partial charge in [-0.3, -0.25) is 9.59 Å². The van der Waals surface area contributed by atoms with Crippen molar-refractivity contribution in [3.05, 3.63) is 22.0 Å². The molecule has 1 aliphatic rings. The number of ketones is 1. The highest BCUT2D eigenvalue weighted by Gasteiger charge is 2.40. The van der Waals surface area contributed by atoms with Crippen molar-refractivity contribution in [1.82, 2.24) is 9.88 Å². The predicted octanol–water partition coefficient (Wildman–Crippen LogP) is 2.04. The number of carboxylic acids is 1. The Kier molecular flexibility index (Phi) is 4.43. The number of hydrogen-bond donors (Lipinski definition) is 2.